The number of rotatable bonds is 7. The largest absolute Gasteiger partial charge is 0.378 e. The number of ether oxygens (including phenoxy) is 1. The van der Waals surface area contributed by atoms with Crippen molar-refractivity contribution in [2.75, 3.05) is 26.3 Å². The second-order valence-corrected chi connectivity index (χ2v) is 5.60. The Morgan fingerprint density at radius 3 is 2.65 bits per heavy atom. The van der Waals surface area contributed by atoms with E-state index in [0.29, 0.717) is 6.04 Å². The highest BCUT2D eigenvalue weighted by molar-refractivity contribution is 5.22. The maximum Gasteiger partial charge on any atom is 0.0622 e. The van der Waals surface area contributed by atoms with Gasteiger partial charge < -0.3 is 10.1 Å². The van der Waals surface area contributed by atoms with Crippen molar-refractivity contribution in [2.24, 2.45) is 0 Å². The quantitative estimate of drug-likeness (QED) is 0.775. The second kappa shape index (κ2) is 8.40. The molecule has 0 bridgehead atoms. The van der Waals surface area contributed by atoms with E-state index in [1.54, 1.807) is 0 Å². The second-order valence-electron chi connectivity index (χ2n) is 5.60. The molecule has 112 valence electrons. The summed E-state index contributed by atoms with van der Waals surface area (Å²) in [6.45, 7) is 10.4. The lowest BCUT2D eigenvalue weighted by Crippen LogP contribution is -2.44. The highest BCUT2D eigenvalue weighted by Gasteiger charge is 2.21. The third-order valence-electron chi connectivity index (χ3n) is 3.99. The molecule has 3 heteroatoms. The van der Waals surface area contributed by atoms with Crippen LogP contribution in [-0.2, 0) is 17.8 Å². The van der Waals surface area contributed by atoms with Crippen LogP contribution in [-0.4, -0.2) is 37.2 Å². The first-order valence-electron chi connectivity index (χ1n) is 7.93. The average molecular weight is 276 g/mol. The molecule has 1 aliphatic rings. The van der Waals surface area contributed by atoms with Crippen molar-refractivity contribution in [2.45, 2.75) is 45.8 Å². The molecule has 0 aromatic heterocycles. The topological polar surface area (TPSA) is 24.5 Å². The van der Waals surface area contributed by atoms with E-state index in [0.717, 1.165) is 39.4 Å². The van der Waals surface area contributed by atoms with Gasteiger partial charge in [-0.05, 0) is 30.5 Å². The van der Waals surface area contributed by atoms with Crippen LogP contribution < -0.4 is 5.32 Å². The van der Waals surface area contributed by atoms with Crippen LogP contribution in [0.1, 0.15) is 37.8 Å². The van der Waals surface area contributed by atoms with Gasteiger partial charge in [0.25, 0.3) is 0 Å². The number of hydrogen-bond acceptors (Lipinski definition) is 3. The van der Waals surface area contributed by atoms with Crippen LogP contribution in [0.3, 0.4) is 0 Å². The van der Waals surface area contributed by atoms with Gasteiger partial charge in [0.1, 0.15) is 0 Å². The minimum atomic E-state index is 0.578. The van der Waals surface area contributed by atoms with Gasteiger partial charge in [-0.3, -0.25) is 4.90 Å². The van der Waals surface area contributed by atoms with Crippen LogP contribution in [0.2, 0.25) is 0 Å². The van der Waals surface area contributed by atoms with Gasteiger partial charge >= 0.3 is 0 Å². The summed E-state index contributed by atoms with van der Waals surface area (Å²) in [5.41, 5.74) is 2.78. The molecule has 2 rings (SSSR count). The number of nitrogens with one attached hydrogen (secondary N) is 1. The summed E-state index contributed by atoms with van der Waals surface area (Å²) in [5, 5.41) is 3.44. The fourth-order valence-corrected chi connectivity index (χ4v) is 2.68. The van der Waals surface area contributed by atoms with Gasteiger partial charge in [-0.25, -0.2) is 0 Å². The van der Waals surface area contributed by atoms with Crippen LogP contribution in [0.4, 0.5) is 0 Å². The van der Waals surface area contributed by atoms with Gasteiger partial charge in [-0.2, -0.15) is 0 Å². The van der Waals surface area contributed by atoms with Crippen molar-refractivity contribution < 1.29 is 4.74 Å². The van der Waals surface area contributed by atoms with E-state index in [-0.39, 0.29) is 0 Å². The van der Waals surface area contributed by atoms with Crippen LogP contribution >= 0.6 is 0 Å². The minimum absolute atomic E-state index is 0.578. The Bertz CT molecular complexity index is 377. The summed E-state index contributed by atoms with van der Waals surface area (Å²) in [4.78, 5) is 2.55. The molecule has 1 fully saturated rings. The summed E-state index contributed by atoms with van der Waals surface area (Å²) in [6.07, 6.45) is 2.35. The Labute approximate surface area is 123 Å². The molecule has 1 N–H and O–H groups in total. The molecule has 20 heavy (non-hydrogen) atoms. The van der Waals surface area contributed by atoms with E-state index < -0.39 is 0 Å². The normalized spacial score (nSPS) is 20.2. The number of nitrogens with zero attached hydrogens (tertiary/aromatic N) is 1. The Kier molecular flexibility index (Phi) is 6.51. The molecule has 1 unspecified atom stereocenters. The zero-order chi connectivity index (χ0) is 14.2. The van der Waals surface area contributed by atoms with E-state index in [9.17, 15) is 0 Å². The summed E-state index contributed by atoms with van der Waals surface area (Å²) in [6, 6.07) is 9.62. The summed E-state index contributed by atoms with van der Waals surface area (Å²) in [7, 11) is 0. The first-order chi connectivity index (χ1) is 9.83. The molecular formula is C17H28N2O. The maximum atomic E-state index is 5.57. The predicted octanol–water partition coefficient (Wildman–Crippen LogP) is 2.80. The van der Waals surface area contributed by atoms with E-state index in [4.69, 9.17) is 4.74 Å². The standard InChI is InChI=1S/C17H28N2O/c1-3-9-18-12-15-5-7-16(8-6-15)13-19-10-11-20-14-17(19)4-2/h5-8,17-18H,3-4,9-14H2,1-2H3. The van der Waals surface area contributed by atoms with E-state index >= 15 is 0 Å². The Hall–Kier alpha value is -0.900. The molecule has 0 aliphatic carbocycles. The fraction of sp³-hybridized carbons (Fsp3) is 0.647. The number of hydrogen-bond donors (Lipinski definition) is 1. The molecule has 1 saturated heterocycles. The number of morpholine rings is 1. The Morgan fingerprint density at radius 2 is 1.95 bits per heavy atom. The van der Waals surface area contributed by atoms with E-state index in [2.05, 4.69) is 48.3 Å². The monoisotopic (exact) mass is 276 g/mol. The lowest BCUT2D eigenvalue weighted by Gasteiger charge is -2.35. The zero-order valence-electron chi connectivity index (χ0n) is 12.9. The highest BCUT2D eigenvalue weighted by atomic mass is 16.5. The first-order valence-corrected chi connectivity index (χ1v) is 7.93. The average Bonchev–Trinajstić information content (AvgIpc) is 2.50. The molecule has 0 radical (unpaired) electrons. The molecule has 1 aromatic carbocycles. The van der Waals surface area contributed by atoms with Crippen molar-refractivity contribution in [1.29, 1.82) is 0 Å². The predicted molar refractivity (Wildman–Crippen MR) is 83.7 cm³/mol. The Balaban J connectivity index is 1.86. The summed E-state index contributed by atoms with van der Waals surface area (Å²) < 4.78 is 5.57. The molecular weight excluding hydrogens is 248 g/mol. The summed E-state index contributed by atoms with van der Waals surface area (Å²) in [5.74, 6) is 0. The van der Waals surface area contributed by atoms with Crippen molar-refractivity contribution >= 4 is 0 Å². The molecule has 1 heterocycles. The minimum Gasteiger partial charge on any atom is -0.378 e. The van der Waals surface area contributed by atoms with E-state index in [1.165, 1.54) is 24.0 Å². The fourth-order valence-electron chi connectivity index (χ4n) is 2.68. The summed E-state index contributed by atoms with van der Waals surface area (Å²) >= 11 is 0. The van der Waals surface area contributed by atoms with Gasteiger partial charge in [0, 0.05) is 25.7 Å². The van der Waals surface area contributed by atoms with Crippen LogP contribution in [0, 0.1) is 0 Å². The van der Waals surface area contributed by atoms with Crippen molar-refractivity contribution in [3.05, 3.63) is 35.4 Å². The maximum absolute atomic E-state index is 5.57. The molecule has 3 nitrogen and oxygen atoms in total. The molecule has 0 amide bonds. The Morgan fingerprint density at radius 1 is 1.20 bits per heavy atom. The molecule has 0 saturated carbocycles. The van der Waals surface area contributed by atoms with Crippen LogP contribution in [0.25, 0.3) is 0 Å². The first kappa shape index (κ1) is 15.5. The third kappa shape index (κ3) is 4.58. The van der Waals surface area contributed by atoms with Gasteiger partial charge in [0.2, 0.25) is 0 Å². The van der Waals surface area contributed by atoms with Crippen molar-refractivity contribution in [3.8, 4) is 0 Å². The lowest BCUT2D eigenvalue weighted by atomic mass is 10.1. The van der Waals surface area contributed by atoms with Crippen molar-refractivity contribution in [3.63, 3.8) is 0 Å². The third-order valence-corrected chi connectivity index (χ3v) is 3.99. The molecule has 0 spiro atoms. The zero-order valence-corrected chi connectivity index (χ0v) is 12.9. The van der Waals surface area contributed by atoms with Gasteiger partial charge in [0.15, 0.2) is 0 Å². The molecule has 1 aliphatic heterocycles. The van der Waals surface area contributed by atoms with Crippen LogP contribution in [0.15, 0.2) is 24.3 Å². The van der Waals surface area contributed by atoms with Gasteiger partial charge in [-0.1, -0.05) is 38.1 Å². The highest BCUT2D eigenvalue weighted by Crippen LogP contribution is 2.15. The van der Waals surface area contributed by atoms with Gasteiger partial charge in [0.05, 0.1) is 13.2 Å². The molecule has 1 aromatic rings. The van der Waals surface area contributed by atoms with Gasteiger partial charge in [-0.15, -0.1) is 0 Å². The van der Waals surface area contributed by atoms with Crippen LogP contribution in [0.5, 0.6) is 0 Å². The van der Waals surface area contributed by atoms with Crippen molar-refractivity contribution in [1.82, 2.24) is 10.2 Å². The number of benzene rings is 1. The molecule has 1 atom stereocenters. The SMILES string of the molecule is CCCNCc1ccc(CN2CCOCC2CC)cc1. The van der Waals surface area contributed by atoms with E-state index in [1.807, 2.05) is 0 Å². The lowest BCUT2D eigenvalue weighted by molar-refractivity contribution is -0.0127. The smallest absolute Gasteiger partial charge is 0.0622 e.